The van der Waals surface area contributed by atoms with Crippen LogP contribution in [0.4, 0.5) is 10.1 Å². The van der Waals surface area contributed by atoms with Gasteiger partial charge in [-0.15, -0.1) is 0 Å². The summed E-state index contributed by atoms with van der Waals surface area (Å²) in [4.78, 5) is 30.3. The van der Waals surface area contributed by atoms with E-state index in [1.807, 2.05) is 61.2 Å². The Morgan fingerprint density at radius 3 is 2.13 bits per heavy atom. The number of halogens is 1. The Hall–Kier alpha value is -3.73. The first-order chi connectivity index (χ1) is 15.0. The number of hydrogen-bond acceptors (Lipinski definition) is 3. The van der Waals surface area contributed by atoms with Gasteiger partial charge in [0.2, 0.25) is 0 Å². The van der Waals surface area contributed by atoms with E-state index in [2.05, 4.69) is 0 Å². The Bertz CT molecular complexity index is 1150. The topological polar surface area (TPSA) is 40.6 Å². The van der Waals surface area contributed by atoms with Gasteiger partial charge in [0.25, 0.3) is 11.8 Å². The molecule has 0 aromatic heterocycles. The highest BCUT2D eigenvalue weighted by Gasteiger charge is 2.42. The van der Waals surface area contributed by atoms with Crippen molar-refractivity contribution in [3.63, 3.8) is 0 Å². The zero-order valence-corrected chi connectivity index (χ0v) is 17.5. The third-order valence-electron chi connectivity index (χ3n) is 5.46. The second kappa shape index (κ2) is 8.56. The number of rotatable bonds is 6. The molecule has 0 radical (unpaired) electrons. The molecular weight excluding hydrogens is 391 g/mol. The molecule has 4 nitrogen and oxygen atoms in total. The molecule has 0 aliphatic carbocycles. The van der Waals surface area contributed by atoms with E-state index in [9.17, 15) is 14.0 Å². The minimum atomic E-state index is -0.396. The summed E-state index contributed by atoms with van der Waals surface area (Å²) < 4.78 is 13.6. The number of para-hydroxylation sites is 1. The first-order valence-corrected chi connectivity index (χ1v) is 10.2. The molecule has 4 rings (SSSR count). The van der Waals surface area contributed by atoms with Gasteiger partial charge in [-0.05, 0) is 48.7 Å². The summed E-state index contributed by atoms with van der Waals surface area (Å²) in [5.41, 5.74) is 3.58. The van der Waals surface area contributed by atoms with Crippen molar-refractivity contribution in [2.24, 2.45) is 0 Å². The molecule has 0 saturated carbocycles. The summed E-state index contributed by atoms with van der Waals surface area (Å²) >= 11 is 0. The summed E-state index contributed by atoms with van der Waals surface area (Å²) in [6, 6.07) is 22.8. The van der Waals surface area contributed by atoms with Crippen molar-refractivity contribution in [1.82, 2.24) is 4.90 Å². The molecule has 0 saturated heterocycles. The molecule has 1 aliphatic heterocycles. The van der Waals surface area contributed by atoms with Gasteiger partial charge in [-0.3, -0.25) is 9.59 Å². The van der Waals surface area contributed by atoms with Crippen molar-refractivity contribution >= 4 is 23.1 Å². The number of benzene rings is 3. The van der Waals surface area contributed by atoms with Crippen molar-refractivity contribution in [2.45, 2.75) is 20.4 Å². The van der Waals surface area contributed by atoms with Crippen LogP contribution in [0.15, 0.2) is 84.6 Å². The summed E-state index contributed by atoms with van der Waals surface area (Å²) in [6.07, 6.45) is 0. The van der Waals surface area contributed by atoms with Crippen LogP contribution in [0.5, 0.6) is 0 Å². The molecule has 0 atom stereocenters. The van der Waals surface area contributed by atoms with E-state index in [1.165, 1.54) is 17.0 Å². The molecule has 1 aliphatic rings. The number of carbonyl (C=O) groups is 2. The molecular formula is C26H23FN2O2. The van der Waals surface area contributed by atoms with Gasteiger partial charge in [0, 0.05) is 13.1 Å². The van der Waals surface area contributed by atoms with E-state index in [0.29, 0.717) is 35.6 Å². The molecule has 0 bridgehead atoms. The summed E-state index contributed by atoms with van der Waals surface area (Å²) in [5.74, 6) is -1.15. The number of imide groups is 1. The third kappa shape index (κ3) is 3.87. The van der Waals surface area contributed by atoms with Gasteiger partial charge in [-0.1, -0.05) is 60.7 Å². The lowest BCUT2D eigenvalue weighted by Crippen LogP contribution is -2.35. The standard InChI is InChI=1S/C26H23FN2O2/c1-3-28(17-19-10-5-4-6-11-19)24-23(20-13-15-21(27)16-14-20)25(30)29(26(24)31)22-12-8-7-9-18(22)2/h4-16H,3,17H2,1-2H3. The molecule has 2 amide bonds. The van der Waals surface area contributed by atoms with E-state index in [1.54, 1.807) is 24.3 Å². The monoisotopic (exact) mass is 414 g/mol. The van der Waals surface area contributed by atoms with Gasteiger partial charge in [-0.25, -0.2) is 9.29 Å². The van der Waals surface area contributed by atoms with Gasteiger partial charge >= 0.3 is 0 Å². The first-order valence-electron chi connectivity index (χ1n) is 10.2. The predicted octanol–water partition coefficient (Wildman–Crippen LogP) is 4.94. The van der Waals surface area contributed by atoms with Crippen LogP contribution in [0.1, 0.15) is 23.6 Å². The number of carbonyl (C=O) groups excluding carboxylic acids is 2. The maximum atomic E-state index is 13.6. The van der Waals surface area contributed by atoms with Crippen molar-refractivity contribution in [1.29, 1.82) is 0 Å². The number of hydrogen-bond donors (Lipinski definition) is 0. The zero-order valence-electron chi connectivity index (χ0n) is 17.5. The lowest BCUT2D eigenvalue weighted by molar-refractivity contribution is -0.120. The highest BCUT2D eigenvalue weighted by molar-refractivity contribution is 6.45. The Balaban J connectivity index is 1.85. The van der Waals surface area contributed by atoms with Crippen LogP contribution < -0.4 is 4.90 Å². The van der Waals surface area contributed by atoms with Crippen LogP contribution in [0.25, 0.3) is 5.57 Å². The summed E-state index contributed by atoms with van der Waals surface area (Å²) in [7, 11) is 0. The summed E-state index contributed by atoms with van der Waals surface area (Å²) in [6.45, 7) is 4.84. The molecule has 0 fully saturated rings. The molecule has 0 unspecified atom stereocenters. The lowest BCUT2D eigenvalue weighted by Gasteiger charge is -2.25. The SMILES string of the molecule is CCN(Cc1ccccc1)C1=C(c2ccc(F)cc2)C(=O)N(c2ccccc2C)C1=O. The van der Waals surface area contributed by atoms with Gasteiger partial charge in [0.1, 0.15) is 11.5 Å². The number of likely N-dealkylation sites (N-methyl/N-ethyl adjacent to an activating group) is 1. The highest BCUT2D eigenvalue weighted by Crippen LogP contribution is 2.36. The Morgan fingerprint density at radius 1 is 0.839 bits per heavy atom. The van der Waals surface area contributed by atoms with Crippen molar-refractivity contribution in [2.75, 3.05) is 11.4 Å². The number of amides is 2. The van der Waals surface area contributed by atoms with E-state index < -0.39 is 11.7 Å². The maximum Gasteiger partial charge on any atom is 0.282 e. The second-order valence-electron chi connectivity index (χ2n) is 7.46. The molecule has 0 spiro atoms. The quantitative estimate of drug-likeness (QED) is 0.537. The van der Waals surface area contributed by atoms with Crippen molar-refractivity contribution in [3.05, 3.63) is 107 Å². The van der Waals surface area contributed by atoms with Gasteiger partial charge in [-0.2, -0.15) is 0 Å². The minimum Gasteiger partial charge on any atom is -0.362 e. The van der Waals surface area contributed by atoms with Gasteiger partial charge < -0.3 is 4.90 Å². The van der Waals surface area contributed by atoms with Crippen LogP contribution in [0.3, 0.4) is 0 Å². The number of anilines is 1. The number of nitrogens with zero attached hydrogens (tertiary/aromatic N) is 2. The van der Waals surface area contributed by atoms with Crippen LogP contribution in [-0.2, 0) is 16.1 Å². The van der Waals surface area contributed by atoms with Crippen LogP contribution in [0, 0.1) is 12.7 Å². The fourth-order valence-corrected chi connectivity index (χ4v) is 3.87. The van der Waals surface area contributed by atoms with E-state index in [-0.39, 0.29) is 5.91 Å². The van der Waals surface area contributed by atoms with E-state index in [0.717, 1.165) is 11.1 Å². The average Bonchev–Trinajstić information content (AvgIpc) is 3.04. The molecule has 31 heavy (non-hydrogen) atoms. The number of aryl methyl sites for hydroxylation is 1. The molecule has 156 valence electrons. The predicted molar refractivity (Wildman–Crippen MR) is 120 cm³/mol. The largest absolute Gasteiger partial charge is 0.362 e. The normalized spacial score (nSPS) is 13.8. The molecule has 5 heteroatoms. The average molecular weight is 414 g/mol. The maximum absolute atomic E-state index is 13.6. The fraction of sp³-hybridized carbons (Fsp3) is 0.154. The molecule has 3 aromatic carbocycles. The van der Waals surface area contributed by atoms with Crippen molar-refractivity contribution < 1.29 is 14.0 Å². The lowest BCUT2D eigenvalue weighted by atomic mass is 10.0. The first kappa shape index (κ1) is 20.5. The van der Waals surface area contributed by atoms with E-state index >= 15 is 0 Å². The molecule has 0 N–H and O–H groups in total. The fourth-order valence-electron chi connectivity index (χ4n) is 3.87. The third-order valence-corrected chi connectivity index (χ3v) is 5.46. The highest BCUT2D eigenvalue weighted by atomic mass is 19.1. The van der Waals surface area contributed by atoms with Crippen LogP contribution in [-0.4, -0.2) is 23.3 Å². The molecule has 1 heterocycles. The Kier molecular flexibility index (Phi) is 5.67. The van der Waals surface area contributed by atoms with Crippen LogP contribution in [0.2, 0.25) is 0 Å². The molecule has 3 aromatic rings. The van der Waals surface area contributed by atoms with Gasteiger partial charge in [0.05, 0.1) is 11.3 Å². The van der Waals surface area contributed by atoms with Crippen LogP contribution >= 0.6 is 0 Å². The zero-order chi connectivity index (χ0) is 22.0. The van der Waals surface area contributed by atoms with E-state index in [4.69, 9.17) is 0 Å². The Morgan fingerprint density at radius 2 is 1.48 bits per heavy atom. The van der Waals surface area contributed by atoms with Crippen molar-refractivity contribution in [3.8, 4) is 0 Å². The summed E-state index contributed by atoms with van der Waals surface area (Å²) in [5, 5.41) is 0. The van der Waals surface area contributed by atoms with Gasteiger partial charge in [0.15, 0.2) is 0 Å². The Labute approximate surface area is 181 Å². The second-order valence-corrected chi connectivity index (χ2v) is 7.46. The minimum absolute atomic E-state index is 0.297. The smallest absolute Gasteiger partial charge is 0.282 e.